The van der Waals surface area contributed by atoms with Gasteiger partial charge in [0.05, 0.1) is 6.04 Å². The highest BCUT2D eigenvalue weighted by molar-refractivity contribution is 5.12. The van der Waals surface area contributed by atoms with E-state index in [0.717, 1.165) is 6.07 Å². The third-order valence-corrected chi connectivity index (χ3v) is 1.71. The molecule has 1 atom stereocenters. The van der Waals surface area contributed by atoms with Crippen molar-refractivity contribution in [2.24, 2.45) is 5.73 Å². The van der Waals surface area contributed by atoms with Gasteiger partial charge in [-0.3, -0.25) is 0 Å². The second-order valence-electron chi connectivity index (χ2n) is 2.71. The molecule has 1 aromatic rings. The fourth-order valence-electron chi connectivity index (χ4n) is 0.906. The van der Waals surface area contributed by atoms with Crippen molar-refractivity contribution in [3.63, 3.8) is 0 Å². The minimum absolute atomic E-state index is 0.176. The van der Waals surface area contributed by atoms with Gasteiger partial charge in [-0.05, 0) is 18.6 Å². The first kappa shape index (κ1) is 10.1. The van der Waals surface area contributed by atoms with Crippen LogP contribution < -0.4 is 5.73 Å². The van der Waals surface area contributed by atoms with E-state index in [9.17, 15) is 13.2 Å². The number of halogens is 3. The second-order valence-corrected chi connectivity index (χ2v) is 2.71. The Balaban J connectivity index is 2.87. The summed E-state index contributed by atoms with van der Waals surface area (Å²) in [6, 6.07) is 1.69. The molecule has 0 spiro atoms. The standard InChI is InChI=1S/C8H10F3NO/c1-2-5(12)6-3-4-7(13-6)8(9,10)11/h3-5H,2,12H2,1H3. The van der Waals surface area contributed by atoms with Crippen molar-refractivity contribution in [2.45, 2.75) is 25.6 Å². The van der Waals surface area contributed by atoms with Gasteiger partial charge in [0.15, 0.2) is 0 Å². The molecule has 0 aliphatic heterocycles. The zero-order chi connectivity index (χ0) is 10.1. The van der Waals surface area contributed by atoms with E-state index in [1.165, 1.54) is 6.07 Å². The topological polar surface area (TPSA) is 39.2 Å². The van der Waals surface area contributed by atoms with Gasteiger partial charge in [-0.15, -0.1) is 0 Å². The molecule has 0 saturated heterocycles. The summed E-state index contributed by atoms with van der Waals surface area (Å²) in [4.78, 5) is 0. The summed E-state index contributed by atoms with van der Waals surface area (Å²) >= 11 is 0. The van der Waals surface area contributed by atoms with Gasteiger partial charge in [0.2, 0.25) is 5.76 Å². The van der Waals surface area contributed by atoms with Crippen molar-refractivity contribution in [3.05, 3.63) is 23.7 Å². The van der Waals surface area contributed by atoms with Crippen LogP contribution in [0.3, 0.4) is 0 Å². The molecule has 74 valence electrons. The molecule has 5 heteroatoms. The summed E-state index contributed by atoms with van der Waals surface area (Å²) in [5.74, 6) is -0.818. The van der Waals surface area contributed by atoms with Crippen LogP contribution in [0, 0.1) is 0 Å². The molecule has 0 radical (unpaired) electrons. The van der Waals surface area contributed by atoms with Crippen LogP contribution >= 0.6 is 0 Å². The highest BCUT2D eigenvalue weighted by Crippen LogP contribution is 2.31. The quantitative estimate of drug-likeness (QED) is 0.784. The average molecular weight is 193 g/mol. The van der Waals surface area contributed by atoms with E-state index in [0.29, 0.717) is 6.42 Å². The molecule has 1 heterocycles. The molecular formula is C8H10F3NO. The number of nitrogens with two attached hydrogens (primary N) is 1. The Bertz CT molecular complexity index is 279. The lowest BCUT2D eigenvalue weighted by molar-refractivity contribution is -0.153. The van der Waals surface area contributed by atoms with Crippen molar-refractivity contribution >= 4 is 0 Å². The maximum absolute atomic E-state index is 12.0. The number of furan rings is 1. The van der Waals surface area contributed by atoms with Crippen molar-refractivity contribution < 1.29 is 17.6 Å². The second kappa shape index (κ2) is 3.41. The fraction of sp³-hybridized carbons (Fsp3) is 0.500. The molecule has 0 aliphatic carbocycles. The van der Waals surface area contributed by atoms with Crippen molar-refractivity contribution in [1.82, 2.24) is 0 Å². The Morgan fingerprint density at radius 1 is 1.46 bits per heavy atom. The van der Waals surface area contributed by atoms with Crippen LogP contribution in [0.1, 0.15) is 30.9 Å². The summed E-state index contributed by atoms with van der Waals surface area (Å²) < 4.78 is 40.7. The molecule has 1 rings (SSSR count). The third-order valence-electron chi connectivity index (χ3n) is 1.71. The first-order valence-corrected chi connectivity index (χ1v) is 3.87. The number of rotatable bonds is 2. The number of hydrogen-bond donors (Lipinski definition) is 1. The molecule has 0 saturated carbocycles. The van der Waals surface area contributed by atoms with Crippen LogP contribution in [-0.4, -0.2) is 0 Å². The smallest absolute Gasteiger partial charge is 0.449 e. The summed E-state index contributed by atoms with van der Waals surface area (Å²) in [5.41, 5.74) is 5.49. The SMILES string of the molecule is CCC(N)c1ccc(C(F)(F)F)o1. The third kappa shape index (κ3) is 2.24. The summed E-state index contributed by atoms with van der Waals surface area (Å²) in [6.45, 7) is 1.78. The molecule has 2 N–H and O–H groups in total. The van der Waals surface area contributed by atoms with Gasteiger partial charge in [-0.1, -0.05) is 6.92 Å². The lowest BCUT2D eigenvalue weighted by Crippen LogP contribution is -2.07. The van der Waals surface area contributed by atoms with Gasteiger partial charge >= 0.3 is 6.18 Å². The molecular weight excluding hydrogens is 183 g/mol. The lowest BCUT2D eigenvalue weighted by atomic mass is 10.2. The zero-order valence-electron chi connectivity index (χ0n) is 7.06. The molecule has 13 heavy (non-hydrogen) atoms. The van der Waals surface area contributed by atoms with Crippen molar-refractivity contribution in [1.29, 1.82) is 0 Å². The molecule has 2 nitrogen and oxygen atoms in total. The molecule has 1 unspecified atom stereocenters. The molecule has 0 fully saturated rings. The summed E-state index contributed by atoms with van der Waals surface area (Å²) in [7, 11) is 0. The molecule has 0 amide bonds. The Morgan fingerprint density at radius 3 is 2.46 bits per heavy atom. The largest absolute Gasteiger partial charge is 0.455 e. The first-order chi connectivity index (χ1) is 5.95. The normalized spacial score (nSPS) is 14.5. The first-order valence-electron chi connectivity index (χ1n) is 3.87. The Morgan fingerprint density at radius 2 is 2.08 bits per heavy atom. The highest BCUT2D eigenvalue weighted by atomic mass is 19.4. The van der Waals surface area contributed by atoms with Crippen LogP contribution in [0.25, 0.3) is 0 Å². The van der Waals surface area contributed by atoms with E-state index in [-0.39, 0.29) is 5.76 Å². The van der Waals surface area contributed by atoms with Crippen LogP contribution in [-0.2, 0) is 6.18 Å². The van der Waals surface area contributed by atoms with Gasteiger partial charge < -0.3 is 10.2 Å². The number of alkyl halides is 3. The molecule has 0 aliphatic rings. The monoisotopic (exact) mass is 193 g/mol. The van der Waals surface area contributed by atoms with Crippen LogP contribution in [0.15, 0.2) is 16.5 Å². The van der Waals surface area contributed by atoms with E-state index in [2.05, 4.69) is 4.42 Å². The predicted octanol–water partition coefficient (Wildman–Crippen LogP) is 2.71. The van der Waals surface area contributed by atoms with E-state index in [1.54, 1.807) is 6.92 Å². The maximum atomic E-state index is 12.0. The van der Waals surface area contributed by atoms with E-state index < -0.39 is 18.0 Å². The van der Waals surface area contributed by atoms with Gasteiger partial charge in [0.1, 0.15) is 5.76 Å². The minimum Gasteiger partial charge on any atom is -0.455 e. The van der Waals surface area contributed by atoms with Crippen molar-refractivity contribution in [3.8, 4) is 0 Å². The van der Waals surface area contributed by atoms with E-state index in [1.807, 2.05) is 0 Å². The van der Waals surface area contributed by atoms with Gasteiger partial charge in [-0.25, -0.2) is 0 Å². The lowest BCUT2D eigenvalue weighted by Gasteiger charge is -2.05. The van der Waals surface area contributed by atoms with Gasteiger partial charge in [0, 0.05) is 0 Å². The Labute approximate surface area is 73.5 Å². The van der Waals surface area contributed by atoms with E-state index in [4.69, 9.17) is 5.73 Å². The minimum atomic E-state index is -4.42. The van der Waals surface area contributed by atoms with Crippen LogP contribution in [0.4, 0.5) is 13.2 Å². The Hall–Kier alpha value is -0.970. The fourth-order valence-corrected chi connectivity index (χ4v) is 0.906. The van der Waals surface area contributed by atoms with Crippen LogP contribution in [0.2, 0.25) is 0 Å². The molecule has 0 bridgehead atoms. The predicted molar refractivity (Wildman–Crippen MR) is 40.9 cm³/mol. The van der Waals surface area contributed by atoms with Crippen molar-refractivity contribution in [2.75, 3.05) is 0 Å². The maximum Gasteiger partial charge on any atom is 0.449 e. The molecule has 1 aromatic heterocycles. The zero-order valence-corrected chi connectivity index (χ0v) is 7.06. The average Bonchev–Trinajstić information content (AvgIpc) is 2.50. The van der Waals surface area contributed by atoms with E-state index >= 15 is 0 Å². The Kier molecular flexibility index (Phi) is 2.66. The van der Waals surface area contributed by atoms with Gasteiger partial charge in [-0.2, -0.15) is 13.2 Å². The summed E-state index contributed by atoms with van der Waals surface area (Å²) in [6.07, 6.45) is -3.88. The molecule has 0 aromatic carbocycles. The van der Waals surface area contributed by atoms with Gasteiger partial charge in [0.25, 0.3) is 0 Å². The highest BCUT2D eigenvalue weighted by Gasteiger charge is 2.35. The van der Waals surface area contributed by atoms with Crippen LogP contribution in [0.5, 0.6) is 0 Å². The summed E-state index contributed by atoms with van der Waals surface area (Å²) in [5, 5.41) is 0. The number of hydrogen-bond acceptors (Lipinski definition) is 2.